The van der Waals surface area contributed by atoms with Crippen LogP contribution in [0.15, 0.2) is 24.3 Å². The molecule has 110 valence electrons. The van der Waals surface area contributed by atoms with Crippen LogP contribution in [0.2, 0.25) is 0 Å². The summed E-state index contributed by atoms with van der Waals surface area (Å²) >= 11 is 0. The minimum Gasteiger partial charge on any atom is -0.385 e. The highest BCUT2D eigenvalue weighted by molar-refractivity contribution is 5.95. The largest absolute Gasteiger partial charge is 0.385 e. The lowest BCUT2D eigenvalue weighted by Gasteiger charge is -2.19. The van der Waals surface area contributed by atoms with E-state index in [1.807, 2.05) is 43.0 Å². The average Bonchev–Trinajstić information content (AvgIpc) is 3.00. The van der Waals surface area contributed by atoms with Crippen molar-refractivity contribution < 1.29 is 4.79 Å². The predicted molar refractivity (Wildman–Crippen MR) is 84.1 cm³/mol. The van der Waals surface area contributed by atoms with Crippen molar-refractivity contribution in [2.75, 3.05) is 25.0 Å². The zero-order valence-corrected chi connectivity index (χ0v) is 12.7. The zero-order chi connectivity index (χ0) is 14.4. The van der Waals surface area contributed by atoms with Crippen molar-refractivity contribution >= 4 is 11.6 Å². The molecule has 1 N–H and O–H groups in total. The van der Waals surface area contributed by atoms with Crippen molar-refractivity contribution in [1.82, 2.24) is 4.90 Å². The van der Waals surface area contributed by atoms with E-state index in [0.29, 0.717) is 0 Å². The quantitative estimate of drug-likeness (QED) is 0.856. The molecular formula is C17H26N2O. The van der Waals surface area contributed by atoms with Gasteiger partial charge < -0.3 is 10.2 Å². The molecule has 3 heteroatoms. The lowest BCUT2D eigenvalue weighted by molar-refractivity contribution is 0.0773. The first-order valence-electron chi connectivity index (χ1n) is 7.87. The predicted octanol–water partition coefficient (Wildman–Crippen LogP) is 3.77. The number of nitrogens with one attached hydrogen (secondary N) is 1. The molecule has 1 aliphatic rings. The molecule has 0 unspecified atom stereocenters. The van der Waals surface area contributed by atoms with Crippen molar-refractivity contribution in [3.8, 4) is 0 Å². The number of benzene rings is 1. The first-order valence-corrected chi connectivity index (χ1v) is 7.87. The Balaban J connectivity index is 1.97. The molecule has 20 heavy (non-hydrogen) atoms. The van der Waals surface area contributed by atoms with E-state index < -0.39 is 0 Å². The van der Waals surface area contributed by atoms with Crippen LogP contribution in [-0.4, -0.2) is 30.4 Å². The number of carbonyl (C=O) groups is 1. The summed E-state index contributed by atoms with van der Waals surface area (Å²) in [5.41, 5.74) is 1.85. The van der Waals surface area contributed by atoms with Gasteiger partial charge in [0.1, 0.15) is 0 Å². The fourth-order valence-corrected chi connectivity index (χ4v) is 2.93. The van der Waals surface area contributed by atoms with Crippen LogP contribution >= 0.6 is 0 Å². The first kappa shape index (κ1) is 14.9. The van der Waals surface area contributed by atoms with Gasteiger partial charge in [0.05, 0.1) is 0 Å². The summed E-state index contributed by atoms with van der Waals surface area (Å²) in [6, 6.07) is 7.90. The van der Waals surface area contributed by atoms with E-state index in [2.05, 4.69) is 5.32 Å². The van der Waals surface area contributed by atoms with Gasteiger partial charge in [-0.1, -0.05) is 18.9 Å². The van der Waals surface area contributed by atoms with E-state index in [-0.39, 0.29) is 5.91 Å². The van der Waals surface area contributed by atoms with E-state index >= 15 is 0 Å². The highest BCUT2D eigenvalue weighted by atomic mass is 16.2. The van der Waals surface area contributed by atoms with Gasteiger partial charge in [-0.15, -0.1) is 0 Å². The molecule has 1 aromatic carbocycles. The smallest absolute Gasteiger partial charge is 0.253 e. The van der Waals surface area contributed by atoms with Gasteiger partial charge in [-0.05, 0) is 50.8 Å². The molecule has 1 aliphatic carbocycles. The Morgan fingerprint density at radius 2 is 1.95 bits per heavy atom. The molecule has 2 rings (SSSR count). The Bertz CT molecular complexity index is 434. The molecule has 1 aromatic rings. The van der Waals surface area contributed by atoms with Crippen LogP contribution in [0.3, 0.4) is 0 Å². The van der Waals surface area contributed by atoms with Gasteiger partial charge in [0.25, 0.3) is 5.91 Å². The summed E-state index contributed by atoms with van der Waals surface area (Å²) < 4.78 is 0. The average molecular weight is 274 g/mol. The Morgan fingerprint density at radius 3 is 2.60 bits per heavy atom. The maximum atomic E-state index is 12.3. The lowest BCUT2D eigenvalue weighted by Crippen LogP contribution is -2.30. The Morgan fingerprint density at radius 1 is 1.25 bits per heavy atom. The minimum atomic E-state index is 0.125. The monoisotopic (exact) mass is 274 g/mol. The van der Waals surface area contributed by atoms with E-state index in [4.69, 9.17) is 0 Å². The fourth-order valence-electron chi connectivity index (χ4n) is 2.93. The normalized spacial score (nSPS) is 15.3. The third-order valence-corrected chi connectivity index (χ3v) is 4.23. The first-order chi connectivity index (χ1) is 9.74. The fraction of sp³-hybridized carbons (Fsp3) is 0.588. The highest BCUT2D eigenvalue weighted by Gasteiger charge is 2.15. The van der Waals surface area contributed by atoms with Crippen LogP contribution in [0.1, 0.15) is 49.9 Å². The van der Waals surface area contributed by atoms with Crippen LogP contribution in [0.25, 0.3) is 0 Å². The van der Waals surface area contributed by atoms with Gasteiger partial charge in [-0.2, -0.15) is 0 Å². The second kappa shape index (κ2) is 7.32. The van der Waals surface area contributed by atoms with Gasteiger partial charge in [0.2, 0.25) is 0 Å². The summed E-state index contributed by atoms with van der Waals surface area (Å²) in [5, 5.41) is 3.49. The molecule has 1 saturated carbocycles. The maximum absolute atomic E-state index is 12.3. The van der Waals surface area contributed by atoms with Gasteiger partial charge >= 0.3 is 0 Å². The Labute approximate surface area is 122 Å². The summed E-state index contributed by atoms with van der Waals surface area (Å²) in [6.07, 6.45) is 5.41. The number of hydrogen-bond donors (Lipinski definition) is 1. The topological polar surface area (TPSA) is 32.3 Å². The molecule has 0 aromatic heterocycles. The van der Waals surface area contributed by atoms with Crippen molar-refractivity contribution in [2.24, 2.45) is 5.92 Å². The molecular weight excluding hydrogens is 248 g/mol. The second-order valence-electron chi connectivity index (χ2n) is 5.59. The van der Waals surface area contributed by atoms with Gasteiger partial charge in [-0.3, -0.25) is 4.79 Å². The molecule has 0 bridgehead atoms. The number of amides is 1. The zero-order valence-electron chi connectivity index (χ0n) is 12.7. The van der Waals surface area contributed by atoms with Crippen molar-refractivity contribution in [2.45, 2.75) is 39.5 Å². The van der Waals surface area contributed by atoms with Crippen LogP contribution in [0.4, 0.5) is 5.69 Å². The lowest BCUT2D eigenvalue weighted by atomic mass is 10.1. The number of hydrogen-bond acceptors (Lipinski definition) is 2. The van der Waals surface area contributed by atoms with Crippen molar-refractivity contribution in [3.05, 3.63) is 29.8 Å². The number of nitrogens with zero attached hydrogens (tertiary/aromatic N) is 1. The number of rotatable bonds is 6. The minimum absolute atomic E-state index is 0.125. The third kappa shape index (κ3) is 3.75. The highest BCUT2D eigenvalue weighted by Crippen LogP contribution is 2.25. The van der Waals surface area contributed by atoms with E-state index in [9.17, 15) is 4.79 Å². The number of carbonyl (C=O) groups excluding carboxylic acids is 1. The molecule has 0 spiro atoms. The molecule has 0 saturated heterocycles. The molecule has 1 amide bonds. The standard InChI is InChI=1S/C17H26N2O/c1-3-19(4-2)17(20)15-10-7-11-16(12-15)18-13-14-8-5-6-9-14/h7,10-12,14,18H,3-6,8-9,13H2,1-2H3. The second-order valence-corrected chi connectivity index (χ2v) is 5.59. The van der Waals surface area contributed by atoms with Crippen molar-refractivity contribution in [3.63, 3.8) is 0 Å². The van der Waals surface area contributed by atoms with Gasteiger partial charge in [-0.25, -0.2) is 0 Å². The maximum Gasteiger partial charge on any atom is 0.253 e. The summed E-state index contributed by atoms with van der Waals surface area (Å²) in [7, 11) is 0. The summed E-state index contributed by atoms with van der Waals surface area (Å²) in [4.78, 5) is 14.2. The number of anilines is 1. The Hall–Kier alpha value is -1.51. The van der Waals surface area contributed by atoms with Crippen LogP contribution in [0, 0.1) is 5.92 Å². The Kier molecular flexibility index (Phi) is 5.45. The van der Waals surface area contributed by atoms with Crippen LogP contribution in [0.5, 0.6) is 0 Å². The van der Waals surface area contributed by atoms with Gasteiger partial charge in [0, 0.05) is 30.9 Å². The van der Waals surface area contributed by atoms with E-state index in [1.54, 1.807) is 0 Å². The molecule has 0 atom stereocenters. The third-order valence-electron chi connectivity index (χ3n) is 4.23. The molecule has 0 radical (unpaired) electrons. The van der Waals surface area contributed by atoms with E-state index in [1.165, 1.54) is 25.7 Å². The summed E-state index contributed by atoms with van der Waals surface area (Å²) in [5.74, 6) is 0.927. The molecule has 1 fully saturated rings. The summed E-state index contributed by atoms with van der Waals surface area (Å²) in [6.45, 7) is 6.58. The molecule has 3 nitrogen and oxygen atoms in total. The van der Waals surface area contributed by atoms with Crippen LogP contribution in [-0.2, 0) is 0 Å². The SMILES string of the molecule is CCN(CC)C(=O)c1cccc(NCC2CCCC2)c1. The van der Waals surface area contributed by atoms with E-state index in [0.717, 1.165) is 36.8 Å². The molecule has 0 heterocycles. The van der Waals surface area contributed by atoms with Crippen molar-refractivity contribution in [1.29, 1.82) is 0 Å². The molecule has 0 aliphatic heterocycles. The van der Waals surface area contributed by atoms with Crippen LogP contribution < -0.4 is 5.32 Å². The van der Waals surface area contributed by atoms with Gasteiger partial charge in [0.15, 0.2) is 0 Å².